The Bertz CT molecular complexity index is 537. The minimum absolute atomic E-state index is 0.0181. The predicted octanol–water partition coefficient (Wildman–Crippen LogP) is 2.95. The van der Waals surface area contributed by atoms with E-state index in [0.29, 0.717) is 17.5 Å². The zero-order chi connectivity index (χ0) is 12.3. The first-order valence-electron chi connectivity index (χ1n) is 5.35. The average molecular weight is 229 g/mol. The third-order valence-electron chi connectivity index (χ3n) is 2.58. The lowest BCUT2D eigenvalue weighted by Gasteiger charge is -2.04. The number of Topliss-reactive ketones (excluding diaryl/α,β-unsaturated/α-hetero) is 1. The normalized spacial score (nSPS) is 10.2. The van der Waals surface area contributed by atoms with Crippen molar-refractivity contribution in [1.82, 2.24) is 4.98 Å². The van der Waals surface area contributed by atoms with Gasteiger partial charge in [0, 0.05) is 24.4 Å². The third kappa shape index (κ3) is 2.75. The van der Waals surface area contributed by atoms with E-state index in [2.05, 4.69) is 4.98 Å². The lowest BCUT2D eigenvalue weighted by molar-refractivity contribution is 0.0992. The minimum atomic E-state index is -0.319. The highest BCUT2D eigenvalue weighted by Gasteiger charge is 2.10. The van der Waals surface area contributed by atoms with Crippen LogP contribution in [0.2, 0.25) is 0 Å². The molecule has 0 fully saturated rings. The van der Waals surface area contributed by atoms with Gasteiger partial charge in [0.2, 0.25) is 0 Å². The summed E-state index contributed by atoms with van der Waals surface area (Å²) in [5, 5.41) is 0. The summed E-state index contributed by atoms with van der Waals surface area (Å²) in [6.45, 7) is 1.74. The van der Waals surface area contributed by atoms with Gasteiger partial charge in [0.25, 0.3) is 0 Å². The van der Waals surface area contributed by atoms with Crippen LogP contribution in [-0.2, 0) is 6.42 Å². The standard InChI is InChI=1S/C14H12FNO/c1-10-7-12(15)4-5-13(10)14(17)8-11-3-2-6-16-9-11/h2-7,9H,8H2,1H3. The number of benzene rings is 1. The molecule has 1 aromatic carbocycles. The number of rotatable bonds is 3. The van der Waals surface area contributed by atoms with Gasteiger partial charge >= 0.3 is 0 Å². The van der Waals surface area contributed by atoms with Crippen molar-refractivity contribution < 1.29 is 9.18 Å². The molecule has 0 aliphatic carbocycles. The molecule has 2 aromatic rings. The molecule has 0 saturated heterocycles. The summed E-state index contributed by atoms with van der Waals surface area (Å²) in [6.07, 6.45) is 3.62. The van der Waals surface area contributed by atoms with Crippen LogP contribution in [0.5, 0.6) is 0 Å². The molecule has 0 aliphatic rings. The summed E-state index contributed by atoms with van der Waals surface area (Å²) in [4.78, 5) is 16.0. The van der Waals surface area contributed by atoms with Crippen LogP contribution >= 0.6 is 0 Å². The molecule has 0 atom stereocenters. The van der Waals surface area contributed by atoms with Crippen LogP contribution in [0.1, 0.15) is 21.5 Å². The van der Waals surface area contributed by atoms with Crippen LogP contribution in [0.4, 0.5) is 4.39 Å². The number of carbonyl (C=O) groups is 1. The number of pyridine rings is 1. The summed E-state index contributed by atoms with van der Waals surface area (Å²) in [6, 6.07) is 7.85. The van der Waals surface area contributed by atoms with E-state index in [9.17, 15) is 9.18 Å². The first-order valence-corrected chi connectivity index (χ1v) is 5.35. The fourth-order valence-electron chi connectivity index (χ4n) is 1.72. The second-order valence-electron chi connectivity index (χ2n) is 3.92. The lowest BCUT2D eigenvalue weighted by atomic mass is 10.00. The molecule has 86 valence electrons. The summed E-state index contributed by atoms with van der Waals surface area (Å²) in [5.41, 5.74) is 2.09. The average Bonchev–Trinajstić information content (AvgIpc) is 2.30. The van der Waals surface area contributed by atoms with Crippen molar-refractivity contribution in [1.29, 1.82) is 0 Å². The number of carbonyl (C=O) groups excluding carboxylic acids is 1. The Morgan fingerprint density at radius 2 is 2.18 bits per heavy atom. The van der Waals surface area contributed by atoms with Gasteiger partial charge in [-0.15, -0.1) is 0 Å². The first-order chi connectivity index (χ1) is 8.16. The minimum Gasteiger partial charge on any atom is -0.294 e. The fraction of sp³-hybridized carbons (Fsp3) is 0.143. The summed E-state index contributed by atoms with van der Waals surface area (Å²) < 4.78 is 12.9. The topological polar surface area (TPSA) is 30.0 Å². The molecule has 0 bridgehead atoms. The van der Waals surface area contributed by atoms with Crippen molar-refractivity contribution in [2.24, 2.45) is 0 Å². The monoisotopic (exact) mass is 229 g/mol. The molecule has 0 spiro atoms. The lowest BCUT2D eigenvalue weighted by Crippen LogP contribution is -2.06. The van der Waals surface area contributed by atoms with Gasteiger partial charge in [0.1, 0.15) is 5.82 Å². The van der Waals surface area contributed by atoms with E-state index >= 15 is 0 Å². The van der Waals surface area contributed by atoms with Gasteiger partial charge in [-0.2, -0.15) is 0 Å². The van der Waals surface area contributed by atoms with Gasteiger partial charge in [-0.25, -0.2) is 4.39 Å². The van der Waals surface area contributed by atoms with E-state index in [-0.39, 0.29) is 11.6 Å². The highest BCUT2D eigenvalue weighted by molar-refractivity contribution is 5.98. The molecule has 2 rings (SSSR count). The second-order valence-corrected chi connectivity index (χ2v) is 3.92. The van der Waals surface area contributed by atoms with Crippen LogP contribution in [0, 0.1) is 12.7 Å². The molecule has 17 heavy (non-hydrogen) atoms. The quantitative estimate of drug-likeness (QED) is 0.757. The van der Waals surface area contributed by atoms with Crippen LogP contribution in [0.15, 0.2) is 42.7 Å². The highest BCUT2D eigenvalue weighted by Crippen LogP contribution is 2.13. The Kier molecular flexibility index (Phi) is 3.28. The predicted molar refractivity (Wildman–Crippen MR) is 63.4 cm³/mol. The van der Waals surface area contributed by atoms with Gasteiger partial charge in [0.15, 0.2) is 5.78 Å². The molecule has 3 heteroatoms. The number of aromatic nitrogens is 1. The Labute approximate surface area is 99.1 Å². The van der Waals surface area contributed by atoms with E-state index in [4.69, 9.17) is 0 Å². The molecular formula is C14H12FNO. The number of ketones is 1. The molecule has 0 N–H and O–H groups in total. The molecule has 0 saturated carbocycles. The van der Waals surface area contributed by atoms with Crippen molar-refractivity contribution in [3.05, 3.63) is 65.2 Å². The molecule has 0 radical (unpaired) electrons. The molecule has 1 aromatic heterocycles. The van der Waals surface area contributed by atoms with E-state index in [0.717, 1.165) is 5.56 Å². The molecule has 0 amide bonds. The van der Waals surface area contributed by atoms with E-state index in [1.54, 1.807) is 25.4 Å². The molecule has 0 unspecified atom stereocenters. The molecule has 1 heterocycles. The van der Waals surface area contributed by atoms with Gasteiger partial charge in [-0.1, -0.05) is 6.07 Å². The maximum absolute atomic E-state index is 12.9. The first kappa shape index (κ1) is 11.5. The summed E-state index contributed by atoms with van der Waals surface area (Å²) >= 11 is 0. The van der Waals surface area contributed by atoms with Crippen LogP contribution in [0.25, 0.3) is 0 Å². The van der Waals surface area contributed by atoms with Gasteiger partial charge in [-0.05, 0) is 42.3 Å². The highest BCUT2D eigenvalue weighted by atomic mass is 19.1. The molecule has 2 nitrogen and oxygen atoms in total. The van der Waals surface area contributed by atoms with E-state index < -0.39 is 0 Å². The van der Waals surface area contributed by atoms with Crippen molar-refractivity contribution in [3.63, 3.8) is 0 Å². The van der Waals surface area contributed by atoms with Crippen molar-refractivity contribution in [3.8, 4) is 0 Å². The SMILES string of the molecule is Cc1cc(F)ccc1C(=O)Cc1cccnc1. The van der Waals surface area contributed by atoms with Gasteiger partial charge < -0.3 is 0 Å². The number of hydrogen-bond donors (Lipinski definition) is 0. The zero-order valence-corrected chi connectivity index (χ0v) is 9.48. The van der Waals surface area contributed by atoms with Crippen LogP contribution < -0.4 is 0 Å². The van der Waals surface area contributed by atoms with Crippen molar-refractivity contribution in [2.75, 3.05) is 0 Å². The van der Waals surface area contributed by atoms with Crippen LogP contribution in [0.3, 0.4) is 0 Å². The van der Waals surface area contributed by atoms with Crippen LogP contribution in [-0.4, -0.2) is 10.8 Å². The number of aryl methyl sites for hydroxylation is 1. The molecular weight excluding hydrogens is 217 g/mol. The fourth-order valence-corrected chi connectivity index (χ4v) is 1.72. The Balaban J connectivity index is 2.21. The Morgan fingerprint density at radius 1 is 1.35 bits per heavy atom. The number of nitrogens with zero attached hydrogens (tertiary/aromatic N) is 1. The summed E-state index contributed by atoms with van der Waals surface area (Å²) in [5.74, 6) is -0.337. The number of hydrogen-bond acceptors (Lipinski definition) is 2. The van der Waals surface area contributed by atoms with E-state index in [1.807, 2.05) is 6.07 Å². The second kappa shape index (κ2) is 4.87. The maximum Gasteiger partial charge on any atom is 0.167 e. The Morgan fingerprint density at radius 3 is 2.82 bits per heavy atom. The van der Waals surface area contributed by atoms with Crippen molar-refractivity contribution in [2.45, 2.75) is 13.3 Å². The zero-order valence-electron chi connectivity index (χ0n) is 9.48. The van der Waals surface area contributed by atoms with Gasteiger partial charge in [0.05, 0.1) is 0 Å². The number of halogens is 1. The Hall–Kier alpha value is -2.03. The van der Waals surface area contributed by atoms with Gasteiger partial charge in [-0.3, -0.25) is 9.78 Å². The maximum atomic E-state index is 12.9. The van der Waals surface area contributed by atoms with E-state index in [1.165, 1.54) is 18.2 Å². The largest absolute Gasteiger partial charge is 0.294 e. The third-order valence-corrected chi connectivity index (χ3v) is 2.58. The summed E-state index contributed by atoms with van der Waals surface area (Å²) in [7, 11) is 0. The molecule has 0 aliphatic heterocycles. The smallest absolute Gasteiger partial charge is 0.167 e. The van der Waals surface area contributed by atoms with Crippen molar-refractivity contribution >= 4 is 5.78 Å².